The van der Waals surface area contributed by atoms with Crippen LogP contribution < -0.4 is 4.72 Å². The normalized spacial score (nSPS) is 12.6. The SMILES string of the molecule is CCCn1cc(S(=O)(=O)NC(C)(C)CO)cc1C(=O)O. The third kappa shape index (κ3) is 3.81. The molecule has 114 valence electrons. The monoisotopic (exact) mass is 304 g/mol. The second-order valence-electron chi connectivity index (χ2n) is 5.21. The standard InChI is InChI=1S/C12H20N2O5S/c1-4-5-14-7-9(6-10(14)11(16)17)20(18,19)13-12(2,3)8-15/h6-7,13,15H,4-5,8H2,1-3H3,(H,16,17). The van der Waals surface area contributed by atoms with Crippen molar-refractivity contribution < 1.29 is 23.4 Å². The minimum absolute atomic E-state index is 0.0750. The molecule has 1 heterocycles. The Hall–Kier alpha value is -1.38. The number of aryl methyl sites for hydroxylation is 1. The number of sulfonamides is 1. The maximum Gasteiger partial charge on any atom is 0.352 e. The number of carboxylic acid groups (broad SMARTS) is 1. The highest BCUT2D eigenvalue weighted by molar-refractivity contribution is 7.89. The average molecular weight is 304 g/mol. The van der Waals surface area contributed by atoms with Gasteiger partial charge in [0.05, 0.1) is 12.1 Å². The van der Waals surface area contributed by atoms with Crippen molar-refractivity contribution >= 4 is 16.0 Å². The van der Waals surface area contributed by atoms with Crippen molar-refractivity contribution in [2.75, 3.05) is 6.61 Å². The minimum atomic E-state index is -3.88. The van der Waals surface area contributed by atoms with Crippen LogP contribution in [0, 0.1) is 0 Å². The molecule has 0 radical (unpaired) electrons. The summed E-state index contributed by atoms with van der Waals surface area (Å²) in [6.07, 6.45) is 1.98. The molecule has 0 unspecified atom stereocenters. The van der Waals surface area contributed by atoms with Gasteiger partial charge in [0.1, 0.15) is 10.6 Å². The predicted molar refractivity (Wildman–Crippen MR) is 73.2 cm³/mol. The summed E-state index contributed by atoms with van der Waals surface area (Å²) in [5.41, 5.74) is -1.09. The van der Waals surface area contributed by atoms with Gasteiger partial charge >= 0.3 is 5.97 Å². The van der Waals surface area contributed by atoms with Gasteiger partial charge in [-0.15, -0.1) is 0 Å². The summed E-state index contributed by atoms with van der Waals surface area (Å²) in [6.45, 7) is 4.98. The molecule has 0 aliphatic rings. The van der Waals surface area contributed by atoms with Gasteiger partial charge < -0.3 is 14.8 Å². The fraction of sp³-hybridized carbons (Fsp3) is 0.583. The third-order valence-corrected chi connectivity index (χ3v) is 4.34. The highest BCUT2D eigenvalue weighted by Crippen LogP contribution is 2.17. The summed E-state index contributed by atoms with van der Waals surface area (Å²) >= 11 is 0. The summed E-state index contributed by atoms with van der Waals surface area (Å²) in [7, 11) is -3.88. The number of carbonyl (C=O) groups is 1. The topological polar surface area (TPSA) is 109 Å². The molecule has 1 aromatic heterocycles. The number of aromatic carboxylic acids is 1. The smallest absolute Gasteiger partial charge is 0.352 e. The first-order valence-electron chi connectivity index (χ1n) is 6.21. The molecule has 0 aliphatic carbocycles. The molecule has 0 aliphatic heterocycles. The molecule has 20 heavy (non-hydrogen) atoms. The van der Waals surface area contributed by atoms with Crippen LogP contribution in [0.5, 0.6) is 0 Å². The second-order valence-corrected chi connectivity index (χ2v) is 6.89. The Kier molecular flexibility index (Phi) is 4.95. The van der Waals surface area contributed by atoms with E-state index in [4.69, 9.17) is 10.2 Å². The molecule has 0 aromatic carbocycles. The van der Waals surface area contributed by atoms with E-state index in [1.807, 2.05) is 6.92 Å². The van der Waals surface area contributed by atoms with Crippen LogP contribution in [0.1, 0.15) is 37.7 Å². The van der Waals surface area contributed by atoms with E-state index in [9.17, 15) is 13.2 Å². The lowest BCUT2D eigenvalue weighted by molar-refractivity contribution is 0.0685. The Morgan fingerprint density at radius 3 is 2.50 bits per heavy atom. The summed E-state index contributed by atoms with van der Waals surface area (Å²) in [4.78, 5) is 11.0. The number of carboxylic acids is 1. The van der Waals surface area contributed by atoms with Crippen molar-refractivity contribution in [3.63, 3.8) is 0 Å². The summed E-state index contributed by atoms with van der Waals surface area (Å²) in [6, 6.07) is 1.12. The zero-order chi connectivity index (χ0) is 15.6. The van der Waals surface area contributed by atoms with Crippen LogP contribution in [0.25, 0.3) is 0 Å². The van der Waals surface area contributed by atoms with Crippen LogP contribution in [0.15, 0.2) is 17.2 Å². The van der Waals surface area contributed by atoms with Gasteiger partial charge in [-0.2, -0.15) is 0 Å². The molecular formula is C12H20N2O5S. The fourth-order valence-corrected chi connectivity index (χ4v) is 3.13. The maximum absolute atomic E-state index is 12.2. The minimum Gasteiger partial charge on any atom is -0.477 e. The number of hydrogen-bond acceptors (Lipinski definition) is 4. The maximum atomic E-state index is 12.2. The number of rotatable bonds is 7. The Labute approximate surface area is 118 Å². The van der Waals surface area contributed by atoms with Crippen molar-refractivity contribution in [2.45, 2.75) is 44.2 Å². The lowest BCUT2D eigenvalue weighted by Crippen LogP contribution is -2.46. The Morgan fingerprint density at radius 2 is 2.05 bits per heavy atom. The highest BCUT2D eigenvalue weighted by Gasteiger charge is 2.27. The molecule has 0 fully saturated rings. The van der Waals surface area contributed by atoms with Crippen molar-refractivity contribution in [3.05, 3.63) is 18.0 Å². The Bertz CT molecular complexity index is 589. The van der Waals surface area contributed by atoms with Gasteiger partial charge in [-0.3, -0.25) is 0 Å². The van der Waals surface area contributed by atoms with Gasteiger partial charge in [-0.05, 0) is 26.3 Å². The lowest BCUT2D eigenvalue weighted by Gasteiger charge is -2.22. The van der Waals surface area contributed by atoms with Gasteiger partial charge in [-0.25, -0.2) is 17.9 Å². The van der Waals surface area contributed by atoms with E-state index in [0.717, 1.165) is 6.07 Å². The first-order valence-corrected chi connectivity index (χ1v) is 7.69. The van der Waals surface area contributed by atoms with Crippen molar-refractivity contribution in [1.29, 1.82) is 0 Å². The molecule has 0 bridgehead atoms. The number of aliphatic hydroxyl groups excluding tert-OH is 1. The van der Waals surface area contributed by atoms with Crippen LogP contribution in [0.3, 0.4) is 0 Å². The van der Waals surface area contributed by atoms with Crippen molar-refractivity contribution in [2.24, 2.45) is 0 Å². The molecule has 3 N–H and O–H groups in total. The number of nitrogens with one attached hydrogen (secondary N) is 1. The zero-order valence-corrected chi connectivity index (χ0v) is 12.6. The first kappa shape index (κ1) is 16.7. The van der Waals surface area contributed by atoms with Gasteiger partial charge in [0.15, 0.2) is 0 Å². The Morgan fingerprint density at radius 1 is 1.45 bits per heavy atom. The van der Waals surface area contributed by atoms with Crippen molar-refractivity contribution in [1.82, 2.24) is 9.29 Å². The zero-order valence-electron chi connectivity index (χ0n) is 11.8. The van der Waals surface area contributed by atoms with Gasteiger partial charge in [0, 0.05) is 12.7 Å². The molecule has 0 saturated heterocycles. The molecule has 0 saturated carbocycles. The molecule has 1 rings (SSSR count). The average Bonchev–Trinajstić information content (AvgIpc) is 2.73. The summed E-state index contributed by atoms with van der Waals surface area (Å²) in [5, 5.41) is 18.2. The number of hydrogen-bond donors (Lipinski definition) is 3. The van der Waals surface area contributed by atoms with E-state index < -0.39 is 21.5 Å². The molecule has 0 atom stereocenters. The van der Waals surface area contributed by atoms with Gasteiger partial charge in [0.2, 0.25) is 10.0 Å². The Balaban J connectivity index is 3.19. The van der Waals surface area contributed by atoms with Crippen molar-refractivity contribution in [3.8, 4) is 0 Å². The largest absolute Gasteiger partial charge is 0.477 e. The summed E-state index contributed by atoms with van der Waals surface area (Å²) in [5.74, 6) is -1.18. The van der Waals surface area contributed by atoms with Crippen LogP contribution in [-0.4, -0.2) is 41.3 Å². The molecule has 0 spiro atoms. The molecule has 1 aromatic rings. The molecule has 7 nitrogen and oxygen atoms in total. The van der Waals surface area contributed by atoms with E-state index in [0.29, 0.717) is 13.0 Å². The number of nitrogens with zero attached hydrogens (tertiary/aromatic N) is 1. The molecule has 8 heteroatoms. The van der Waals surface area contributed by atoms with Crippen LogP contribution >= 0.6 is 0 Å². The number of aliphatic hydroxyl groups is 1. The fourth-order valence-electron chi connectivity index (χ4n) is 1.69. The van der Waals surface area contributed by atoms with Gasteiger partial charge in [-0.1, -0.05) is 6.92 Å². The van der Waals surface area contributed by atoms with E-state index in [1.165, 1.54) is 24.6 Å². The van der Waals surface area contributed by atoms with E-state index in [-0.39, 0.29) is 17.2 Å². The third-order valence-electron chi connectivity index (χ3n) is 2.67. The predicted octanol–water partition coefficient (Wildman–Crippen LogP) is 0.645. The lowest BCUT2D eigenvalue weighted by atomic mass is 10.1. The second kappa shape index (κ2) is 5.94. The molecule has 0 amide bonds. The summed E-state index contributed by atoms with van der Waals surface area (Å²) < 4.78 is 28.1. The van der Waals surface area contributed by atoms with E-state index in [1.54, 1.807) is 0 Å². The van der Waals surface area contributed by atoms with Crippen LogP contribution in [-0.2, 0) is 16.6 Å². The molecular weight excluding hydrogens is 284 g/mol. The quantitative estimate of drug-likeness (QED) is 0.685. The van der Waals surface area contributed by atoms with Gasteiger partial charge in [0.25, 0.3) is 0 Å². The number of aromatic nitrogens is 1. The van der Waals surface area contributed by atoms with E-state index >= 15 is 0 Å². The van der Waals surface area contributed by atoms with Crippen LogP contribution in [0.2, 0.25) is 0 Å². The van der Waals surface area contributed by atoms with Crippen LogP contribution in [0.4, 0.5) is 0 Å². The first-order chi connectivity index (χ1) is 9.13. The van der Waals surface area contributed by atoms with E-state index in [2.05, 4.69) is 4.72 Å². The highest BCUT2D eigenvalue weighted by atomic mass is 32.2.